The summed E-state index contributed by atoms with van der Waals surface area (Å²) in [5.41, 5.74) is 2.85. The summed E-state index contributed by atoms with van der Waals surface area (Å²) >= 11 is 2.44. The van der Waals surface area contributed by atoms with Crippen molar-refractivity contribution in [2.45, 2.75) is 25.3 Å². The van der Waals surface area contributed by atoms with Gasteiger partial charge in [0.25, 0.3) is 0 Å². The molecule has 9 heteroatoms. The number of thiazole rings is 1. The number of pyridine rings is 1. The van der Waals surface area contributed by atoms with Gasteiger partial charge in [-0.05, 0) is 31.5 Å². The number of rotatable bonds is 7. The maximum absolute atomic E-state index is 12.3. The standard InChI is InChI=1S/C20H18N4O3S2/c1-3-27-18(26)8-15-10-29-20(22-15)24-17(25)11-28-19-14(9-21)7-13-5-4-12(2)6-16(13)23-19/h4-7,10H,3,8,11H2,1-2H3,(H,22,24,25). The number of hydrogen-bond donors (Lipinski definition) is 1. The SMILES string of the molecule is CCOC(=O)Cc1csc(NC(=O)CSc2nc3cc(C)ccc3cc2C#N)n1. The number of carbonyl (C=O) groups is 2. The molecule has 1 N–H and O–H groups in total. The molecule has 148 valence electrons. The fraction of sp³-hybridized carbons (Fsp3) is 0.250. The third-order valence-electron chi connectivity index (χ3n) is 3.83. The van der Waals surface area contributed by atoms with Crippen molar-refractivity contribution < 1.29 is 14.3 Å². The Bertz CT molecular complexity index is 1100. The normalized spacial score (nSPS) is 10.5. The number of hydrogen-bond acceptors (Lipinski definition) is 8. The molecule has 0 saturated heterocycles. The Morgan fingerprint density at radius 1 is 1.31 bits per heavy atom. The van der Waals surface area contributed by atoms with Crippen molar-refractivity contribution in [2.75, 3.05) is 17.7 Å². The second-order valence-corrected chi connectivity index (χ2v) is 7.93. The van der Waals surface area contributed by atoms with E-state index in [4.69, 9.17) is 4.74 Å². The smallest absolute Gasteiger partial charge is 0.311 e. The number of nitriles is 1. The molecule has 0 saturated carbocycles. The van der Waals surface area contributed by atoms with E-state index in [0.29, 0.717) is 28.0 Å². The zero-order chi connectivity index (χ0) is 20.8. The number of aryl methyl sites for hydroxylation is 1. The van der Waals surface area contributed by atoms with Crippen LogP contribution in [0.1, 0.15) is 23.7 Å². The predicted octanol–water partition coefficient (Wildman–Crippen LogP) is 3.71. The molecule has 1 amide bonds. The van der Waals surface area contributed by atoms with Crippen LogP contribution in [0, 0.1) is 18.3 Å². The Hall–Kier alpha value is -2.96. The lowest BCUT2D eigenvalue weighted by molar-refractivity contribution is -0.142. The van der Waals surface area contributed by atoms with E-state index in [1.807, 2.05) is 25.1 Å². The van der Waals surface area contributed by atoms with Crippen LogP contribution in [-0.4, -0.2) is 34.2 Å². The molecule has 0 aliphatic rings. The van der Waals surface area contributed by atoms with E-state index < -0.39 is 0 Å². The highest BCUT2D eigenvalue weighted by Crippen LogP contribution is 2.25. The maximum Gasteiger partial charge on any atom is 0.311 e. The first-order valence-electron chi connectivity index (χ1n) is 8.82. The highest BCUT2D eigenvalue weighted by molar-refractivity contribution is 8.00. The number of esters is 1. The number of carbonyl (C=O) groups excluding carboxylic acids is 2. The minimum absolute atomic E-state index is 0.0704. The highest BCUT2D eigenvalue weighted by Gasteiger charge is 2.13. The van der Waals surface area contributed by atoms with E-state index >= 15 is 0 Å². The molecule has 7 nitrogen and oxygen atoms in total. The van der Waals surface area contributed by atoms with Crippen LogP contribution >= 0.6 is 23.1 Å². The van der Waals surface area contributed by atoms with Gasteiger partial charge in [0, 0.05) is 10.8 Å². The minimum Gasteiger partial charge on any atom is -0.466 e. The molecule has 3 aromatic rings. The van der Waals surface area contributed by atoms with E-state index in [1.54, 1.807) is 18.4 Å². The first-order chi connectivity index (χ1) is 14.0. The summed E-state index contributed by atoms with van der Waals surface area (Å²) in [5.74, 6) is -0.527. The van der Waals surface area contributed by atoms with Crippen molar-refractivity contribution in [3.8, 4) is 6.07 Å². The van der Waals surface area contributed by atoms with E-state index in [0.717, 1.165) is 16.5 Å². The molecule has 2 heterocycles. The average molecular weight is 427 g/mol. The Morgan fingerprint density at radius 3 is 2.90 bits per heavy atom. The number of benzene rings is 1. The minimum atomic E-state index is -0.354. The first kappa shape index (κ1) is 20.8. The fourth-order valence-electron chi connectivity index (χ4n) is 2.54. The van der Waals surface area contributed by atoms with Crippen molar-refractivity contribution in [3.63, 3.8) is 0 Å². The lowest BCUT2D eigenvalue weighted by Crippen LogP contribution is -2.14. The summed E-state index contributed by atoms with van der Waals surface area (Å²) in [6, 6.07) is 9.76. The fourth-order valence-corrected chi connectivity index (χ4v) is 4.03. The van der Waals surface area contributed by atoms with Crippen LogP contribution in [0.15, 0.2) is 34.7 Å². The number of nitrogens with one attached hydrogen (secondary N) is 1. The van der Waals surface area contributed by atoms with Crippen molar-refractivity contribution in [1.82, 2.24) is 9.97 Å². The van der Waals surface area contributed by atoms with Gasteiger partial charge >= 0.3 is 5.97 Å². The molecule has 0 bridgehead atoms. The molecular formula is C20H18N4O3S2. The topological polar surface area (TPSA) is 105 Å². The monoisotopic (exact) mass is 426 g/mol. The lowest BCUT2D eigenvalue weighted by atomic mass is 10.1. The van der Waals surface area contributed by atoms with Crippen LogP contribution in [0.25, 0.3) is 10.9 Å². The number of thioether (sulfide) groups is 1. The number of ether oxygens (including phenoxy) is 1. The molecule has 1 aromatic carbocycles. The molecular weight excluding hydrogens is 408 g/mol. The zero-order valence-electron chi connectivity index (χ0n) is 15.9. The second kappa shape index (κ2) is 9.49. The van der Waals surface area contributed by atoms with Gasteiger partial charge in [-0.2, -0.15) is 5.26 Å². The summed E-state index contributed by atoms with van der Waals surface area (Å²) in [6.45, 7) is 4.03. The van der Waals surface area contributed by atoms with Crippen LogP contribution < -0.4 is 5.32 Å². The van der Waals surface area contributed by atoms with Crippen molar-refractivity contribution in [3.05, 3.63) is 46.5 Å². The molecule has 0 atom stereocenters. The molecule has 29 heavy (non-hydrogen) atoms. The number of anilines is 1. The van der Waals surface area contributed by atoms with Crippen LogP contribution in [0.4, 0.5) is 5.13 Å². The highest BCUT2D eigenvalue weighted by atomic mass is 32.2. The predicted molar refractivity (Wildman–Crippen MR) is 113 cm³/mol. The molecule has 0 aliphatic heterocycles. The molecule has 0 aliphatic carbocycles. The Balaban J connectivity index is 1.63. The van der Waals surface area contributed by atoms with Gasteiger partial charge in [0.1, 0.15) is 11.1 Å². The second-order valence-electron chi connectivity index (χ2n) is 6.11. The van der Waals surface area contributed by atoms with Crippen molar-refractivity contribution in [2.24, 2.45) is 0 Å². The Kier molecular flexibility index (Phi) is 6.80. The first-order valence-corrected chi connectivity index (χ1v) is 10.7. The zero-order valence-corrected chi connectivity index (χ0v) is 17.5. The molecule has 2 aromatic heterocycles. The third-order valence-corrected chi connectivity index (χ3v) is 5.63. The van der Waals surface area contributed by atoms with Crippen LogP contribution in [0.3, 0.4) is 0 Å². The summed E-state index contributed by atoms with van der Waals surface area (Å²) in [7, 11) is 0. The third kappa shape index (κ3) is 5.53. The van der Waals surface area contributed by atoms with E-state index in [1.165, 1.54) is 23.1 Å². The largest absolute Gasteiger partial charge is 0.466 e. The molecule has 0 fully saturated rings. The summed E-state index contributed by atoms with van der Waals surface area (Å²) in [6.07, 6.45) is 0.0704. The van der Waals surface area contributed by atoms with Gasteiger partial charge < -0.3 is 10.1 Å². The molecule has 0 unspecified atom stereocenters. The van der Waals surface area contributed by atoms with Gasteiger partial charge in [-0.25, -0.2) is 9.97 Å². The molecule has 3 rings (SSSR count). The van der Waals surface area contributed by atoms with Gasteiger partial charge in [0.05, 0.1) is 35.6 Å². The lowest BCUT2D eigenvalue weighted by Gasteiger charge is -2.06. The van der Waals surface area contributed by atoms with E-state index in [2.05, 4.69) is 21.4 Å². The summed E-state index contributed by atoms with van der Waals surface area (Å²) in [5, 5.41) is 15.6. The quantitative estimate of drug-likeness (QED) is 0.453. The van der Waals surface area contributed by atoms with E-state index in [9.17, 15) is 14.9 Å². The van der Waals surface area contributed by atoms with Crippen LogP contribution in [-0.2, 0) is 20.7 Å². The summed E-state index contributed by atoms with van der Waals surface area (Å²) < 4.78 is 4.89. The van der Waals surface area contributed by atoms with E-state index in [-0.39, 0.29) is 24.1 Å². The van der Waals surface area contributed by atoms with Gasteiger partial charge in [-0.1, -0.05) is 23.9 Å². The van der Waals surface area contributed by atoms with Crippen LogP contribution in [0.2, 0.25) is 0 Å². The van der Waals surface area contributed by atoms with Gasteiger partial charge in [-0.15, -0.1) is 11.3 Å². The van der Waals surface area contributed by atoms with Gasteiger partial charge in [0.2, 0.25) is 5.91 Å². The molecule has 0 spiro atoms. The number of aromatic nitrogens is 2. The van der Waals surface area contributed by atoms with Gasteiger partial charge in [-0.3, -0.25) is 9.59 Å². The number of nitrogens with zero attached hydrogens (tertiary/aromatic N) is 3. The average Bonchev–Trinajstić information content (AvgIpc) is 3.12. The number of fused-ring (bicyclic) bond motifs is 1. The maximum atomic E-state index is 12.3. The van der Waals surface area contributed by atoms with Crippen molar-refractivity contribution in [1.29, 1.82) is 5.26 Å². The Morgan fingerprint density at radius 2 is 2.14 bits per heavy atom. The number of amides is 1. The summed E-state index contributed by atoms with van der Waals surface area (Å²) in [4.78, 5) is 32.5. The van der Waals surface area contributed by atoms with Crippen molar-refractivity contribution >= 4 is 51.0 Å². The molecule has 0 radical (unpaired) electrons. The Labute approximate surface area is 176 Å². The van der Waals surface area contributed by atoms with Gasteiger partial charge in [0.15, 0.2) is 5.13 Å². The van der Waals surface area contributed by atoms with Crippen LogP contribution in [0.5, 0.6) is 0 Å².